The van der Waals surface area contributed by atoms with Gasteiger partial charge in [0.1, 0.15) is 11.2 Å². The maximum Gasteiger partial charge on any atom is 0.277 e. The lowest BCUT2D eigenvalue weighted by Crippen LogP contribution is -2.16. The summed E-state index contributed by atoms with van der Waals surface area (Å²) in [6.45, 7) is 3.77. The average Bonchev–Trinajstić information content (AvgIpc) is 2.97. The second-order valence-electron chi connectivity index (χ2n) is 4.73. The molecule has 3 heterocycles. The van der Waals surface area contributed by atoms with Crippen LogP contribution in [0.1, 0.15) is 19.4 Å². The van der Waals surface area contributed by atoms with Crippen molar-refractivity contribution in [3.8, 4) is 0 Å². The monoisotopic (exact) mass is 270 g/mol. The van der Waals surface area contributed by atoms with Gasteiger partial charge in [-0.1, -0.05) is 0 Å². The second kappa shape index (κ2) is 4.80. The number of nitrogens with one attached hydrogen (secondary N) is 2. The minimum absolute atomic E-state index is 0.0468. The highest BCUT2D eigenvalue weighted by Gasteiger charge is 2.25. The second-order valence-corrected chi connectivity index (χ2v) is 4.73. The van der Waals surface area contributed by atoms with Crippen LogP contribution >= 0.6 is 0 Å². The quantitative estimate of drug-likeness (QED) is 0.817. The van der Waals surface area contributed by atoms with E-state index in [-0.39, 0.29) is 12.0 Å². The van der Waals surface area contributed by atoms with Gasteiger partial charge >= 0.3 is 0 Å². The van der Waals surface area contributed by atoms with Crippen LogP contribution in [0.5, 0.6) is 0 Å². The summed E-state index contributed by atoms with van der Waals surface area (Å²) < 4.78 is 5.53. The van der Waals surface area contributed by atoms with E-state index in [2.05, 4.69) is 20.5 Å². The average molecular weight is 270 g/mol. The highest BCUT2D eigenvalue weighted by atomic mass is 16.5. The van der Waals surface area contributed by atoms with E-state index in [1.165, 1.54) is 0 Å². The summed E-state index contributed by atoms with van der Waals surface area (Å²) in [7, 11) is 0. The fourth-order valence-electron chi connectivity index (χ4n) is 2.01. The highest BCUT2D eigenvalue weighted by Crippen LogP contribution is 2.21. The van der Waals surface area contributed by atoms with Crippen LogP contribution in [0.4, 0.5) is 0 Å². The molecule has 0 aliphatic carbocycles. The zero-order chi connectivity index (χ0) is 14.1. The molecule has 3 rings (SSSR count). The lowest BCUT2D eigenvalue weighted by Gasteiger charge is -2.08. The number of aromatic amines is 1. The van der Waals surface area contributed by atoms with E-state index in [9.17, 15) is 4.79 Å². The van der Waals surface area contributed by atoms with Gasteiger partial charge < -0.3 is 9.72 Å². The summed E-state index contributed by atoms with van der Waals surface area (Å²) in [5, 5.41) is 4.85. The summed E-state index contributed by atoms with van der Waals surface area (Å²) in [6, 6.07) is 3.80. The van der Waals surface area contributed by atoms with E-state index in [1.54, 1.807) is 12.3 Å². The molecule has 6 heteroatoms. The van der Waals surface area contributed by atoms with Crippen LogP contribution in [0, 0.1) is 0 Å². The molecule has 0 fully saturated rings. The first kappa shape index (κ1) is 12.4. The van der Waals surface area contributed by atoms with Gasteiger partial charge in [0.25, 0.3) is 5.91 Å². The topological polar surface area (TPSA) is 79.4 Å². The van der Waals surface area contributed by atoms with Gasteiger partial charge in [0.05, 0.1) is 6.10 Å². The van der Waals surface area contributed by atoms with Crippen LogP contribution in [0.3, 0.4) is 0 Å². The zero-order valence-electron chi connectivity index (χ0n) is 11.2. The third-order valence-corrected chi connectivity index (χ3v) is 2.86. The van der Waals surface area contributed by atoms with E-state index in [1.807, 2.05) is 32.2 Å². The Labute approximate surface area is 115 Å². The van der Waals surface area contributed by atoms with Gasteiger partial charge in [-0.3, -0.25) is 4.79 Å². The number of ether oxygens (including phenoxy) is 1. The molecule has 0 bridgehead atoms. The van der Waals surface area contributed by atoms with Gasteiger partial charge in [-0.2, -0.15) is 0 Å². The Hall–Kier alpha value is -2.63. The maximum atomic E-state index is 11.8. The molecule has 1 aliphatic rings. The summed E-state index contributed by atoms with van der Waals surface area (Å²) in [6.07, 6.45) is 5.23. The molecule has 0 saturated heterocycles. The number of nitrogens with zero attached hydrogens (tertiary/aromatic N) is 2. The first-order valence-electron chi connectivity index (χ1n) is 6.34. The lowest BCUT2D eigenvalue weighted by molar-refractivity contribution is -0.116. The number of hydrazone groups is 1. The number of H-pyrrole nitrogens is 1. The predicted molar refractivity (Wildman–Crippen MR) is 75.9 cm³/mol. The first-order chi connectivity index (χ1) is 9.65. The van der Waals surface area contributed by atoms with E-state index < -0.39 is 0 Å². The Morgan fingerprint density at radius 2 is 2.25 bits per heavy atom. The Kier molecular flexibility index (Phi) is 2.98. The molecule has 1 amide bonds. The minimum Gasteiger partial charge on any atom is -0.473 e. The van der Waals surface area contributed by atoms with E-state index in [4.69, 9.17) is 4.74 Å². The predicted octanol–water partition coefficient (Wildman–Crippen LogP) is 1.81. The Bertz CT molecular complexity index is 728. The molecule has 0 saturated carbocycles. The van der Waals surface area contributed by atoms with Gasteiger partial charge in [-0.25, -0.2) is 10.4 Å². The van der Waals surface area contributed by atoms with Gasteiger partial charge in [0.2, 0.25) is 5.90 Å². The fraction of sp³-hybridized carbons (Fsp3) is 0.214. The minimum atomic E-state index is -0.265. The van der Waals surface area contributed by atoms with Crippen molar-refractivity contribution < 1.29 is 9.53 Å². The number of amides is 1. The van der Waals surface area contributed by atoms with Gasteiger partial charge in [0.15, 0.2) is 0 Å². The Morgan fingerprint density at radius 3 is 3.05 bits per heavy atom. The standard InChI is InChI=1S/C14H14N4O2/c1-8(2)20-14-11(13(19)17-18-14)6-9-7-16-12-10(9)4-3-5-15-12/h3-8H,1-2H3,(H,15,16)(H,17,19)/b11-6+. The molecule has 1 aliphatic heterocycles. The van der Waals surface area contributed by atoms with Crippen molar-refractivity contribution in [3.05, 3.63) is 35.7 Å². The molecule has 102 valence electrons. The molecule has 0 atom stereocenters. The Morgan fingerprint density at radius 1 is 1.40 bits per heavy atom. The molecule has 20 heavy (non-hydrogen) atoms. The number of fused-ring (bicyclic) bond motifs is 1. The molecule has 2 aromatic rings. The molecule has 0 unspecified atom stereocenters. The number of aromatic nitrogens is 2. The van der Waals surface area contributed by atoms with E-state index in [0.29, 0.717) is 11.5 Å². The Balaban J connectivity index is 2.02. The zero-order valence-corrected chi connectivity index (χ0v) is 11.2. The van der Waals surface area contributed by atoms with Crippen LogP contribution in [-0.2, 0) is 9.53 Å². The normalized spacial score (nSPS) is 16.9. The summed E-state index contributed by atoms with van der Waals surface area (Å²) in [4.78, 5) is 19.1. The van der Waals surface area contributed by atoms with Crippen LogP contribution in [-0.4, -0.2) is 27.9 Å². The highest BCUT2D eigenvalue weighted by molar-refractivity contribution is 6.25. The van der Waals surface area contributed by atoms with Crippen molar-refractivity contribution in [1.29, 1.82) is 0 Å². The molecule has 2 aromatic heterocycles. The van der Waals surface area contributed by atoms with Crippen LogP contribution in [0.15, 0.2) is 35.2 Å². The van der Waals surface area contributed by atoms with Crippen LogP contribution in [0.25, 0.3) is 17.1 Å². The van der Waals surface area contributed by atoms with E-state index >= 15 is 0 Å². The van der Waals surface area contributed by atoms with E-state index in [0.717, 1.165) is 16.6 Å². The molecular formula is C14H14N4O2. The molecule has 2 N–H and O–H groups in total. The van der Waals surface area contributed by atoms with Crippen LogP contribution in [0.2, 0.25) is 0 Å². The smallest absolute Gasteiger partial charge is 0.277 e. The number of carbonyl (C=O) groups is 1. The van der Waals surface area contributed by atoms with Crippen molar-refractivity contribution in [2.45, 2.75) is 20.0 Å². The summed E-state index contributed by atoms with van der Waals surface area (Å²) >= 11 is 0. The van der Waals surface area contributed by atoms with Gasteiger partial charge in [0, 0.05) is 23.3 Å². The first-order valence-corrected chi connectivity index (χ1v) is 6.34. The number of hydrogen-bond acceptors (Lipinski definition) is 4. The van der Waals surface area contributed by atoms with Crippen molar-refractivity contribution in [2.75, 3.05) is 0 Å². The third-order valence-electron chi connectivity index (χ3n) is 2.86. The summed E-state index contributed by atoms with van der Waals surface area (Å²) in [5.41, 5.74) is 4.49. The molecule has 0 radical (unpaired) electrons. The summed E-state index contributed by atoms with van der Waals surface area (Å²) in [5.74, 6) is 0.0575. The maximum absolute atomic E-state index is 11.8. The number of hydrogen-bond donors (Lipinski definition) is 2. The van der Waals surface area contributed by atoms with Crippen molar-refractivity contribution in [2.24, 2.45) is 5.10 Å². The third kappa shape index (κ3) is 2.16. The lowest BCUT2D eigenvalue weighted by atomic mass is 10.1. The van der Waals surface area contributed by atoms with Crippen molar-refractivity contribution >= 4 is 28.9 Å². The number of carbonyl (C=O) groups excluding carboxylic acids is 1. The SMILES string of the molecule is CC(C)OC1=NNC(=O)/C1=C\c1c[nH]c2ncccc12. The molecule has 0 aromatic carbocycles. The van der Waals surface area contributed by atoms with Gasteiger partial charge in [-0.05, 0) is 32.1 Å². The molecule has 0 spiro atoms. The molecular weight excluding hydrogens is 256 g/mol. The van der Waals surface area contributed by atoms with Gasteiger partial charge in [-0.15, -0.1) is 5.10 Å². The van der Waals surface area contributed by atoms with Crippen molar-refractivity contribution in [1.82, 2.24) is 15.4 Å². The fourth-order valence-corrected chi connectivity index (χ4v) is 2.01. The van der Waals surface area contributed by atoms with Crippen LogP contribution < -0.4 is 5.43 Å². The van der Waals surface area contributed by atoms with Crippen molar-refractivity contribution in [3.63, 3.8) is 0 Å². The number of pyridine rings is 1. The number of rotatable bonds is 2. The largest absolute Gasteiger partial charge is 0.473 e. The molecule has 6 nitrogen and oxygen atoms in total.